The van der Waals surface area contributed by atoms with Crippen molar-refractivity contribution < 1.29 is 35.9 Å². The summed E-state index contributed by atoms with van der Waals surface area (Å²) in [6, 6.07) is 5.11. The van der Waals surface area contributed by atoms with Crippen molar-refractivity contribution >= 4 is 11.6 Å². The minimum absolute atomic E-state index is 0.136. The van der Waals surface area contributed by atoms with Crippen LogP contribution >= 0.6 is 0 Å². The van der Waals surface area contributed by atoms with Crippen molar-refractivity contribution in [3.8, 4) is 5.75 Å². The molecule has 0 atom stereocenters. The second kappa shape index (κ2) is 6.65. The molecule has 0 fully saturated rings. The molecule has 1 aromatic carbocycles. The van der Waals surface area contributed by atoms with Crippen LogP contribution in [0.25, 0.3) is 0 Å². The van der Waals surface area contributed by atoms with E-state index >= 15 is 0 Å². The van der Waals surface area contributed by atoms with Crippen molar-refractivity contribution in [2.24, 2.45) is 0 Å². The first-order chi connectivity index (χ1) is 11.4. The van der Waals surface area contributed by atoms with E-state index in [1.807, 2.05) is 0 Å². The van der Waals surface area contributed by atoms with Crippen LogP contribution in [-0.4, -0.2) is 22.1 Å². The van der Waals surface area contributed by atoms with Crippen molar-refractivity contribution in [2.45, 2.75) is 26.0 Å². The van der Waals surface area contributed by atoms with Crippen molar-refractivity contribution in [2.75, 3.05) is 5.32 Å². The van der Waals surface area contributed by atoms with Gasteiger partial charge in [0.05, 0.1) is 0 Å². The molecule has 11 heteroatoms. The van der Waals surface area contributed by atoms with Crippen LogP contribution in [0.15, 0.2) is 30.3 Å². The molecule has 0 unspecified atom stereocenters. The smallest absolute Gasteiger partial charge is 0.406 e. The van der Waals surface area contributed by atoms with E-state index in [0.29, 0.717) is 0 Å². The number of amides is 1. The minimum atomic E-state index is -4.83. The average molecular weight is 367 g/mol. The summed E-state index contributed by atoms with van der Waals surface area (Å²) >= 11 is 0. The average Bonchev–Trinajstić information content (AvgIpc) is 2.81. The lowest BCUT2D eigenvalue weighted by atomic mass is 10.3. The number of hydrogen-bond donors (Lipinski definition) is 1. The standard InChI is InChI=1S/C14H11F6N3O2/c1-8-6-11(13(15,16)17)22-23(8)7-12(24)21-9-2-4-10(5-3-9)25-14(18,19)20/h2-6H,7H2,1H3,(H,21,24). The van der Waals surface area contributed by atoms with Gasteiger partial charge in [-0.15, -0.1) is 13.2 Å². The summed E-state index contributed by atoms with van der Waals surface area (Å²) < 4.78 is 78.3. The lowest BCUT2D eigenvalue weighted by molar-refractivity contribution is -0.274. The Morgan fingerprint density at radius 1 is 1.16 bits per heavy atom. The number of aromatic nitrogens is 2. The van der Waals surface area contributed by atoms with E-state index < -0.39 is 36.4 Å². The van der Waals surface area contributed by atoms with Gasteiger partial charge < -0.3 is 10.1 Å². The fraction of sp³-hybridized carbons (Fsp3) is 0.286. The molecule has 1 N–H and O–H groups in total. The lowest BCUT2D eigenvalue weighted by Gasteiger charge is -2.10. The van der Waals surface area contributed by atoms with Gasteiger partial charge in [-0.05, 0) is 37.3 Å². The Hall–Kier alpha value is -2.72. The molecular formula is C14H11F6N3O2. The summed E-state index contributed by atoms with van der Waals surface area (Å²) in [6.07, 6.45) is -9.46. The molecule has 0 aliphatic rings. The Bertz CT molecular complexity index is 749. The molecule has 1 amide bonds. The molecule has 0 aliphatic carbocycles. The van der Waals surface area contributed by atoms with Gasteiger partial charge in [-0.1, -0.05) is 0 Å². The Morgan fingerprint density at radius 2 is 1.76 bits per heavy atom. The minimum Gasteiger partial charge on any atom is -0.406 e. The van der Waals surface area contributed by atoms with Crippen molar-refractivity contribution in [3.05, 3.63) is 41.7 Å². The van der Waals surface area contributed by atoms with E-state index in [-0.39, 0.29) is 11.4 Å². The van der Waals surface area contributed by atoms with E-state index in [0.717, 1.165) is 35.0 Å². The number of halogens is 6. The maximum absolute atomic E-state index is 12.6. The first-order valence-electron chi connectivity index (χ1n) is 6.71. The molecule has 2 rings (SSSR count). The van der Waals surface area contributed by atoms with Crippen LogP contribution in [0.5, 0.6) is 5.75 Å². The van der Waals surface area contributed by atoms with Crippen LogP contribution in [0.4, 0.5) is 32.0 Å². The van der Waals surface area contributed by atoms with Crippen molar-refractivity contribution in [1.29, 1.82) is 0 Å². The highest BCUT2D eigenvalue weighted by Crippen LogP contribution is 2.28. The predicted octanol–water partition coefficient (Wildman–Crippen LogP) is 3.75. The van der Waals surface area contributed by atoms with Crippen LogP contribution in [0, 0.1) is 6.92 Å². The molecule has 2 aromatic rings. The molecule has 1 heterocycles. The highest BCUT2D eigenvalue weighted by Gasteiger charge is 2.34. The van der Waals surface area contributed by atoms with Crippen LogP contribution in [0.1, 0.15) is 11.4 Å². The third kappa shape index (κ3) is 5.40. The fourth-order valence-electron chi connectivity index (χ4n) is 1.89. The Kier molecular flexibility index (Phi) is 4.95. The zero-order valence-electron chi connectivity index (χ0n) is 12.6. The quantitative estimate of drug-likeness (QED) is 0.838. The SMILES string of the molecule is Cc1cc(C(F)(F)F)nn1CC(=O)Nc1ccc(OC(F)(F)F)cc1. The van der Waals surface area contributed by atoms with Gasteiger partial charge in [0.1, 0.15) is 12.3 Å². The van der Waals surface area contributed by atoms with Gasteiger partial charge >= 0.3 is 12.5 Å². The van der Waals surface area contributed by atoms with Crippen LogP contribution in [-0.2, 0) is 17.5 Å². The molecule has 0 radical (unpaired) electrons. The van der Waals surface area contributed by atoms with Crippen molar-refractivity contribution in [3.63, 3.8) is 0 Å². The topological polar surface area (TPSA) is 56.2 Å². The molecular weight excluding hydrogens is 356 g/mol. The second-order valence-corrected chi connectivity index (χ2v) is 4.95. The van der Waals surface area contributed by atoms with Gasteiger partial charge in [0, 0.05) is 11.4 Å². The van der Waals surface area contributed by atoms with Crippen LogP contribution < -0.4 is 10.1 Å². The number of ether oxygens (including phenoxy) is 1. The van der Waals surface area contributed by atoms with Gasteiger partial charge in [-0.3, -0.25) is 9.48 Å². The molecule has 5 nitrogen and oxygen atoms in total. The number of anilines is 1. The number of rotatable bonds is 4. The predicted molar refractivity (Wildman–Crippen MR) is 73.7 cm³/mol. The summed E-state index contributed by atoms with van der Waals surface area (Å²) in [7, 11) is 0. The first kappa shape index (κ1) is 18.6. The van der Waals surface area contributed by atoms with E-state index in [2.05, 4.69) is 15.2 Å². The Balaban J connectivity index is 2.00. The van der Waals surface area contributed by atoms with Crippen molar-refractivity contribution in [1.82, 2.24) is 9.78 Å². The third-order valence-electron chi connectivity index (χ3n) is 2.94. The Labute approximate surface area is 137 Å². The molecule has 0 saturated carbocycles. The molecule has 1 aromatic heterocycles. The van der Waals surface area contributed by atoms with Gasteiger partial charge in [0.15, 0.2) is 5.69 Å². The summed E-state index contributed by atoms with van der Waals surface area (Å²) in [6.45, 7) is 0.876. The Morgan fingerprint density at radius 3 is 2.24 bits per heavy atom. The van der Waals surface area contributed by atoms with Gasteiger partial charge in [-0.25, -0.2) is 0 Å². The van der Waals surface area contributed by atoms with Crippen LogP contribution in [0.2, 0.25) is 0 Å². The number of carbonyl (C=O) groups excluding carboxylic acids is 1. The summed E-state index contributed by atoms with van der Waals surface area (Å²) in [5.74, 6) is -1.16. The largest absolute Gasteiger partial charge is 0.573 e. The summed E-state index contributed by atoms with van der Waals surface area (Å²) in [5.41, 5.74) is -0.830. The van der Waals surface area contributed by atoms with Crippen LogP contribution in [0.3, 0.4) is 0 Å². The first-order valence-corrected chi connectivity index (χ1v) is 6.71. The van der Waals surface area contributed by atoms with E-state index in [4.69, 9.17) is 0 Å². The number of nitrogens with one attached hydrogen (secondary N) is 1. The van der Waals surface area contributed by atoms with E-state index in [1.165, 1.54) is 6.92 Å². The molecule has 136 valence electrons. The fourth-order valence-corrected chi connectivity index (χ4v) is 1.89. The van der Waals surface area contributed by atoms with E-state index in [9.17, 15) is 31.1 Å². The van der Waals surface area contributed by atoms with Gasteiger partial charge in [0.2, 0.25) is 5.91 Å². The lowest BCUT2D eigenvalue weighted by Crippen LogP contribution is -2.21. The van der Waals surface area contributed by atoms with Gasteiger partial charge in [-0.2, -0.15) is 18.3 Å². The summed E-state index contributed by atoms with van der Waals surface area (Å²) in [4.78, 5) is 11.8. The highest BCUT2D eigenvalue weighted by atomic mass is 19.4. The van der Waals surface area contributed by atoms with E-state index in [1.54, 1.807) is 0 Å². The normalized spacial score (nSPS) is 12.1. The molecule has 25 heavy (non-hydrogen) atoms. The number of hydrogen-bond acceptors (Lipinski definition) is 3. The number of nitrogens with zero attached hydrogens (tertiary/aromatic N) is 2. The monoisotopic (exact) mass is 367 g/mol. The second-order valence-electron chi connectivity index (χ2n) is 4.95. The number of carbonyl (C=O) groups is 1. The number of benzene rings is 1. The summed E-state index contributed by atoms with van der Waals surface area (Å²) in [5, 5.41) is 5.64. The third-order valence-corrected chi connectivity index (χ3v) is 2.94. The zero-order valence-corrected chi connectivity index (χ0v) is 12.6. The number of aryl methyl sites for hydroxylation is 1. The molecule has 0 saturated heterocycles. The zero-order chi connectivity index (χ0) is 18.8. The molecule has 0 bridgehead atoms. The highest BCUT2D eigenvalue weighted by molar-refractivity contribution is 5.90. The molecule has 0 aliphatic heterocycles. The maximum Gasteiger partial charge on any atom is 0.573 e. The maximum atomic E-state index is 12.6. The van der Waals surface area contributed by atoms with Gasteiger partial charge in [0.25, 0.3) is 0 Å². The molecule has 0 spiro atoms. The number of alkyl halides is 6.